The third-order valence-corrected chi connectivity index (χ3v) is 2.69. The summed E-state index contributed by atoms with van der Waals surface area (Å²) in [4.78, 5) is 8.58. The maximum Gasteiger partial charge on any atom is 0.320 e. The van der Waals surface area contributed by atoms with Crippen molar-refractivity contribution in [2.24, 2.45) is 0 Å². The molecule has 100 valence electrons. The minimum absolute atomic E-state index is 0.100. The number of hydrogen-bond acceptors (Lipinski definition) is 5. The smallest absolute Gasteiger partial charge is 0.320 e. The highest BCUT2D eigenvalue weighted by molar-refractivity contribution is 5.18. The highest BCUT2D eigenvalue weighted by Gasteiger charge is 2.16. The molecule has 1 atom stereocenters. The topological polar surface area (TPSA) is 56.3 Å². The average Bonchev–Trinajstić information content (AvgIpc) is 2.28. The van der Waals surface area contributed by atoms with Crippen molar-refractivity contribution in [1.82, 2.24) is 15.3 Å². The van der Waals surface area contributed by atoms with Crippen LogP contribution in [0.25, 0.3) is 0 Å². The average molecular weight is 251 g/mol. The van der Waals surface area contributed by atoms with E-state index in [1.807, 2.05) is 26.8 Å². The third-order valence-electron chi connectivity index (χ3n) is 2.69. The maximum atomic E-state index is 5.79. The number of rotatable bonds is 4. The standard InChI is InChI=1S/C13H21N3O2/c1-9(2)17-12-7-10(3)15-13(16-12)18-11-5-4-6-14-8-11/h7,9,11,14H,4-6,8H2,1-3H3/t11-/m0/s1. The quantitative estimate of drug-likeness (QED) is 0.882. The van der Waals surface area contributed by atoms with Crippen molar-refractivity contribution >= 4 is 0 Å². The molecule has 0 amide bonds. The van der Waals surface area contributed by atoms with Crippen LogP contribution in [-0.4, -0.2) is 35.3 Å². The SMILES string of the molecule is Cc1cc(OC(C)C)nc(O[C@H]2CCCNC2)n1. The molecule has 5 heteroatoms. The van der Waals surface area contributed by atoms with Gasteiger partial charge in [-0.25, -0.2) is 4.98 Å². The number of hydrogen-bond donors (Lipinski definition) is 1. The summed E-state index contributed by atoms with van der Waals surface area (Å²) in [5, 5.41) is 3.30. The first-order valence-electron chi connectivity index (χ1n) is 6.53. The monoisotopic (exact) mass is 251 g/mol. The van der Waals surface area contributed by atoms with E-state index in [1.54, 1.807) is 0 Å². The van der Waals surface area contributed by atoms with Crippen molar-refractivity contribution < 1.29 is 9.47 Å². The molecular weight excluding hydrogens is 230 g/mol. The Morgan fingerprint density at radius 3 is 2.89 bits per heavy atom. The molecule has 1 aromatic heterocycles. The van der Waals surface area contributed by atoms with E-state index in [-0.39, 0.29) is 12.2 Å². The minimum Gasteiger partial charge on any atom is -0.475 e. The predicted molar refractivity (Wildman–Crippen MR) is 69.1 cm³/mol. The van der Waals surface area contributed by atoms with Crippen LogP contribution in [0.3, 0.4) is 0 Å². The lowest BCUT2D eigenvalue weighted by molar-refractivity contribution is 0.149. The van der Waals surface area contributed by atoms with E-state index < -0.39 is 0 Å². The van der Waals surface area contributed by atoms with Crippen LogP contribution in [0.4, 0.5) is 0 Å². The van der Waals surface area contributed by atoms with Crippen molar-refractivity contribution in [2.45, 2.75) is 45.8 Å². The first-order valence-corrected chi connectivity index (χ1v) is 6.53. The molecule has 0 aliphatic carbocycles. The molecule has 18 heavy (non-hydrogen) atoms. The summed E-state index contributed by atoms with van der Waals surface area (Å²) in [5.74, 6) is 0.580. The van der Waals surface area contributed by atoms with Crippen LogP contribution in [-0.2, 0) is 0 Å². The first-order chi connectivity index (χ1) is 8.63. The zero-order valence-corrected chi connectivity index (χ0v) is 11.3. The van der Waals surface area contributed by atoms with Gasteiger partial charge in [-0.2, -0.15) is 4.98 Å². The van der Waals surface area contributed by atoms with Crippen LogP contribution in [0.5, 0.6) is 11.9 Å². The molecule has 0 radical (unpaired) electrons. The van der Waals surface area contributed by atoms with Gasteiger partial charge in [0, 0.05) is 18.3 Å². The lowest BCUT2D eigenvalue weighted by Gasteiger charge is -2.23. The van der Waals surface area contributed by atoms with Crippen molar-refractivity contribution in [1.29, 1.82) is 0 Å². The second kappa shape index (κ2) is 6.00. The van der Waals surface area contributed by atoms with Gasteiger partial charge in [-0.05, 0) is 40.2 Å². The second-order valence-corrected chi connectivity index (χ2v) is 4.88. The fourth-order valence-corrected chi connectivity index (χ4v) is 1.94. The van der Waals surface area contributed by atoms with Crippen molar-refractivity contribution in [2.75, 3.05) is 13.1 Å². The summed E-state index contributed by atoms with van der Waals surface area (Å²) in [5.41, 5.74) is 0.861. The maximum absolute atomic E-state index is 5.79. The van der Waals surface area contributed by atoms with Crippen LogP contribution >= 0.6 is 0 Å². The number of aromatic nitrogens is 2. The van der Waals surface area contributed by atoms with Gasteiger partial charge in [0.05, 0.1) is 6.10 Å². The van der Waals surface area contributed by atoms with Gasteiger partial charge >= 0.3 is 6.01 Å². The van der Waals surface area contributed by atoms with E-state index in [2.05, 4.69) is 15.3 Å². The molecule has 1 N–H and O–H groups in total. The number of nitrogens with one attached hydrogen (secondary N) is 1. The van der Waals surface area contributed by atoms with Gasteiger partial charge in [0.2, 0.25) is 5.88 Å². The normalized spacial score (nSPS) is 19.9. The molecule has 1 saturated heterocycles. The first kappa shape index (κ1) is 13.1. The molecule has 2 rings (SSSR count). The molecule has 0 unspecified atom stereocenters. The predicted octanol–water partition coefficient (Wildman–Crippen LogP) is 1.70. The molecule has 1 aliphatic heterocycles. The van der Waals surface area contributed by atoms with E-state index in [4.69, 9.17) is 9.47 Å². The summed E-state index contributed by atoms with van der Waals surface area (Å²) in [6, 6.07) is 2.24. The van der Waals surface area contributed by atoms with Gasteiger partial charge in [-0.3, -0.25) is 0 Å². The van der Waals surface area contributed by atoms with Crippen LogP contribution in [0.15, 0.2) is 6.07 Å². The largest absolute Gasteiger partial charge is 0.475 e. The van der Waals surface area contributed by atoms with E-state index in [0.29, 0.717) is 11.9 Å². The van der Waals surface area contributed by atoms with Gasteiger partial charge in [0.1, 0.15) is 6.10 Å². The molecular formula is C13H21N3O2. The minimum atomic E-state index is 0.100. The fourth-order valence-electron chi connectivity index (χ4n) is 1.94. The Kier molecular flexibility index (Phi) is 4.36. The fraction of sp³-hybridized carbons (Fsp3) is 0.692. The number of piperidine rings is 1. The lowest BCUT2D eigenvalue weighted by atomic mass is 10.1. The van der Waals surface area contributed by atoms with Gasteiger partial charge < -0.3 is 14.8 Å². The molecule has 5 nitrogen and oxygen atoms in total. The molecule has 0 aromatic carbocycles. The van der Waals surface area contributed by atoms with Gasteiger partial charge in [0.25, 0.3) is 0 Å². The Labute approximate surface area is 108 Å². The van der Waals surface area contributed by atoms with Crippen molar-refractivity contribution in [3.8, 4) is 11.9 Å². The van der Waals surface area contributed by atoms with Crippen LogP contribution in [0.2, 0.25) is 0 Å². The van der Waals surface area contributed by atoms with Crippen molar-refractivity contribution in [3.05, 3.63) is 11.8 Å². The summed E-state index contributed by atoms with van der Waals surface area (Å²) >= 11 is 0. The summed E-state index contributed by atoms with van der Waals surface area (Å²) in [7, 11) is 0. The van der Waals surface area contributed by atoms with Gasteiger partial charge in [-0.1, -0.05) is 0 Å². The third kappa shape index (κ3) is 3.84. The number of aryl methyl sites for hydroxylation is 1. The Hall–Kier alpha value is -1.36. The molecule has 0 spiro atoms. The summed E-state index contributed by atoms with van der Waals surface area (Å²) in [6.07, 6.45) is 2.44. The van der Waals surface area contributed by atoms with Gasteiger partial charge in [0.15, 0.2) is 0 Å². The van der Waals surface area contributed by atoms with Crippen molar-refractivity contribution in [3.63, 3.8) is 0 Å². The molecule has 2 heterocycles. The Balaban J connectivity index is 2.04. The molecule has 0 saturated carbocycles. The van der Waals surface area contributed by atoms with E-state index >= 15 is 0 Å². The molecule has 0 bridgehead atoms. The Morgan fingerprint density at radius 2 is 2.22 bits per heavy atom. The van der Waals surface area contributed by atoms with E-state index in [1.165, 1.54) is 0 Å². The molecule has 1 aromatic rings. The van der Waals surface area contributed by atoms with Gasteiger partial charge in [-0.15, -0.1) is 0 Å². The zero-order chi connectivity index (χ0) is 13.0. The number of ether oxygens (including phenoxy) is 2. The van der Waals surface area contributed by atoms with E-state index in [0.717, 1.165) is 31.6 Å². The van der Waals surface area contributed by atoms with Crippen LogP contribution < -0.4 is 14.8 Å². The Morgan fingerprint density at radius 1 is 1.39 bits per heavy atom. The van der Waals surface area contributed by atoms with Crippen LogP contribution in [0, 0.1) is 6.92 Å². The number of nitrogens with zero attached hydrogens (tertiary/aromatic N) is 2. The van der Waals surface area contributed by atoms with Crippen LogP contribution in [0.1, 0.15) is 32.4 Å². The summed E-state index contributed by atoms with van der Waals surface area (Å²) < 4.78 is 11.4. The molecule has 1 fully saturated rings. The summed E-state index contributed by atoms with van der Waals surface area (Å²) in [6.45, 7) is 7.79. The molecule has 1 aliphatic rings. The van der Waals surface area contributed by atoms with E-state index in [9.17, 15) is 0 Å². The lowest BCUT2D eigenvalue weighted by Crippen LogP contribution is -2.37. The Bertz CT molecular complexity index is 390. The second-order valence-electron chi connectivity index (χ2n) is 4.88. The highest BCUT2D eigenvalue weighted by Crippen LogP contribution is 2.17. The zero-order valence-electron chi connectivity index (χ0n) is 11.3. The highest BCUT2D eigenvalue weighted by atomic mass is 16.5.